The van der Waals surface area contributed by atoms with E-state index in [1.54, 1.807) is 0 Å². The summed E-state index contributed by atoms with van der Waals surface area (Å²) in [6.45, 7) is 4.96. The first kappa shape index (κ1) is 12.7. The van der Waals surface area contributed by atoms with Crippen molar-refractivity contribution in [3.8, 4) is 11.5 Å². The van der Waals surface area contributed by atoms with Gasteiger partial charge in [-0.3, -0.25) is 0 Å². The first-order chi connectivity index (χ1) is 10.1. The van der Waals surface area contributed by atoms with E-state index in [0.717, 1.165) is 28.1 Å². The Kier molecular flexibility index (Phi) is 2.74. The average Bonchev–Trinajstić information content (AvgIpc) is 3.03. The third kappa shape index (κ3) is 2.09. The van der Waals surface area contributed by atoms with Crippen molar-refractivity contribution in [2.24, 2.45) is 5.41 Å². The number of benzene rings is 1. The van der Waals surface area contributed by atoms with Gasteiger partial charge in [-0.15, -0.1) is 0 Å². The van der Waals surface area contributed by atoms with Crippen molar-refractivity contribution in [2.45, 2.75) is 39.2 Å². The van der Waals surface area contributed by atoms with Crippen molar-refractivity contribution < 1.29 is 9.47 Å². The molecule has 0 bridgehead atoms. The SMILES string of the molecule is CC1(C)CCCC1Nc1nccc2cc3c(cc12)OCO3. The van der Waals surface area contributed by atoms with Gasteiger partial charge in [-0.05, 0) is 41.8 Å². The Hall–Kier alpha value is -1.97. The van der Waals surface area contributed by atoms with E-state index in [1.807, 2.05) is 24.4 Å². The van der Waals surface area contributed by atoms with Gasteiger partial charge in [0.1, 0.15) is 5.82 Å². The van der Waals surface area contributed by atoms with Gasteiger partial charge in [0.25, 0.3) is 0 Å². The van der Waals surface area contributed by atoms with Crippen molar-refractivity contribution in [1.82, 2.24) is 4.98 Å². The molecule has 4 nitrogen and oxygen atoms in total. The maximum absolute atomic E-state index is 5.49. The molecule has 1 aliphatic carbocycles. The lowest BCUT2D eigenvalue weighted by Gasteiger charge is -2.28. The van der Waals surface area contributed by atoms with Gasteiger partial charge in [0, 0.05) is 17.6 Å². The van der Waals surface area contributed by atoms with Crippen molar-refractivity contribution in [2.75, 3.05) is 12.1 Å². The van der Waals surface area contributed by atoms with Gasteiger partial charge < -0.3 is 14.8 Å². The zero-order valence-electron chi connectivity index (χ0n) is 12.5. The number of nitrogens with zero attached hydrogens (tertiary/aromatic N) is 1. The summed E-state index contributed by atoms with van der Waals surface area (Å²) in [5, 5.41) is 5.89. The molecule has 1 atom stereocenters. The molecule has 0 radical (unpaired) electrons. The van der Waals surface area contributed by atoms with Crippen LogP contribution in [0.1, 0.15) is 33.1 Å². The van der Waals surface area contributed by atoms with Crippen LogP contribution >= 0.6 is 0 Å². The Morgan fingerprint density at radius 1 is 1.24 bits per heavy atom. The Labute approximate surface area is 124 Å². The van der Waals surface area contributed by atoms with Crippen LogP contribution in [-0.4, -0.2) is 17.8 Å². The number of aromatic nitrogens is 1. The van der Waals surface area contributed by atoms with E-state index in [-0.39, 0.29) is 0 Å². The predicted octanol–water partition coefficient (Wildman–Crippen LogP) is 3.95. The molecule has 1 saturated carbocycles. The molecule has 4 rings (SSSR count). The zero-order valence-corrected chi connectivity index (χ0v) is 12.5. The maximum Gasteiger partial charge on any atom is 0.231 e. The smallest absolute Gasteiger partial charge is 0.231 e. The van der Waals surface area contributed by atoms with E-state index in [2.05, 4.69) is 24.1 Å². The monoisotopic (exact) mass is 284 g/mol. The van der Waals surface area contributed by atoms with Crippen LogP contribution in [0, 0.1) is 5.41 Å². The highest BCUT2D eigenvalue weighted by Crippen LogP contribution is 2.41. The molecule has 2 aromatic rings. The number of ether oxygens (including phenoxy) is 2. The molecular formula is C17H20N2O2. The number of fused-ring (bicyclic) bond motifs is 2. The third-order valence-electron chi connectivity index (χ3n) is 4.83. The van der Waals surface area contributed by atoms with Crippen LogP contribution in [0.15, 0.2) is 24.4 Å². The summed E-state index contributed by atoms with van der Waals surface area (Å²) in [4.78, 5) is 4.55. The standard InChI is InChI=1S/C17H20N2O2/c1-17(2)6-3-4-15(17)19-16-12-9-14-13(20-10-21-14)8-11(12)5-7-18-16/h5,7-9,15H,3-4,6,10H2,1-2H3,(H,18,19). The van der Waals surface area contributed by atoms with Gasteiger partial charge in [0.15, 0.2) is 11.5 Å². The Bertz CT molecular complexity index is 696. The van der Waals surface area contributed by atoms with Crippen LogP contribution in [0.2, 0.25) is 0 Å². The zero-order chi connectivity index (χ0) is 14.4. The fraction of sp³-hybridized carbons (Fsp3) is 0.471. The minimum Gasteiger partial charge on any atom is -0.454 e. The largest absolute Gasteiger partial charge is 0.454 e. The first-order valence-corrected chi connectivity index (χ1v) is 7.58. The van der Waals surface area contributed by atoms with Crippen LogP contribution in [0.4, 0.5) is 5.82 Å². The normalized spacial score (nSPS) is 22.7. The van der Waals surface area contributed by atoms with Gasteiger partial charge in [-0.1, -0.05) is 20.3 Å². The van der Waals surface area contributed by atoms with Gasteiger partial charge >= 0.3 is 0 Å². The van der Waals surface area contributed by atoms with E-state index >= 15 is 0 Å². The molecule has 1 N–H and O–H groups in total. The molecule has 1 unspecified atom stereocenters. The summed E-state index contributed by atoms with van der Waals surface area (Å²) in [5.41, 5.74) is 0.320. The van der Waals surface area contributed by atoms with Crippen LogP contribution in [0.25, 0.3) is 10.8 Å². The topological polar surface area (TPSA) is 43.4 Å². The minimum absolute atomic E-state index is 0.303. The highest BCUT2D eigenvalue weighted by atomic mass is 16.7. The molecule has 0 amide bonds. The van der Waals surface area contributed by atoms with Crippen LogP contribution in [-0.2, 0) is 0 Å². The van der Waals surface area contributed by atoms with Crippen molar-refractivity contribution in [3.05, 3.63) is 24.4 Å². The lowest BCUT2D eigenvalue weighted by Crippen LogP contribution is -2.31. The van der Waals surface area contributed by atoms with Gasteiger partial charge in [0.05, 0.1) is 0 Å². The molecular weight excluding hydrogens is 264 g/mol. The Morgan fingerprint density at radius 3 is 2.81 bits per heavy atom. The lowest BCUT2D eigenvalue weighted by atomic mass is 9.87. The number of pyridine rings is 1. The molecule has 2 aliphatic rings. The number of hydrogen-bond acceptors (Lipinski definition) is 4. The van der Waals surface area contributed by atoms with Gasteiger partial charge in [0.2, 0.25) is 6.79 Å². The second-order valence-corrected chi connectivity index (χ2v) is 6.66. The molecule has 1 aliphatic heterocycles. The van der Waals surface area contributed by atoms with E-state index in [0.29, 0.717) is 18.2 Å². The number of rotatable bonds is 2. The summed E-state index contributed by atoms with van der Waals surface area (Å²) in [7, 11) is 0. The van der Waals surface area contributed by atoms with E-state index in [4.69, 9.17) is 9.47 Å². The molecule has 1 fully saturated rings. The number of hydrogen-bond donors (Lipinski definition) is 1. The Morgan fingerprint density at radius 2 is 2.05 bits per heavy atom. The molecule has 4 heteroatoms. The molecule has 0 spiro atoms. The average molecular weight is 284 g/mol. The quantitative estimate of drug-likeness (QED) is 0.906. The van der Waals surface area contributed by atoms with Crippen molar-refractivity contribution >= 4 is 16.6 Å². The maximum atomic E-state index is 5.49. The van der Waals surface area contributed by atoms with Crippen molar-refractivity contribution in [3.63, 3.8) is 0 Å². The van der Waals surface area contributed by atoms with Crippen LogP contribution < -0.4 is 14.8 Å². The summed E-state index contributed by atoms with van der Waals surface area (Å²) in [5.74, 6) is 2.58. The first-order valence-electron chi connectivity index (χ1n) is 7.58. The van der Waals surface area contributed by atoms with Crippen LogP contribution in [0.3, 0.4) is 0 Å². The van der Waals surface area contributed by atoms with Gasteiger partial charge in [-0.25, -0.2) is 4.98 Å². The third-order valence-corrected chi connectivity index (χ3v) is 4.83. The number of nitrogens with one attached hydrogen (secondary N) is 1. The minimum atomic E-state index is 0.303. The lowest BCUT2D eigenvalue weighted by molar-refractivity contribution is 0.174. The molecule has 1 aromatic carbocycles. The van der Waals surface area contributed by atoms with E-state index < -0.39 is 0 Å². The number of anilines is 1. The molecule has 0 saturated heterocycles. The highest BCUT2D eigenvalue weighted by Gasteiger charge is 2.34. The summed E-state index contributed by atoms with van der Waals surface area (Å²) < 4.78 is 10.9. The molecule has 21 heavy (non-hydrogen) atoms. The molecule has 110 valence electrons. The fourth-order valence-electron chi connectivity index (χ4n) is 3.44. The second-order valence-electron chi connectivity index (χ2n) is 6.66. The summed E-state index contributed by atoms with van der Waals surface area (Å²) in [6.07, 6.45) is 5.61. The Balaban J connectivity index is 1.75. The predicted molar refractivity (Wildman–Crippen MR) is 82.9 cm³/mol. The van der Waals surface area contributed by atoms with Crippen LogP contribution in [0.5, 0.6) is 11.5 Å². The summed E-state index contributed by atoms with van der Waals surface area (Å²) in [6, 6.07) is 6.56. The summed E-state index contributed by atoms with van der Waals surface area (Å²) >= 11 is 0. The second kappa shape index (κ2) is 4.52. The van der Waals surface area contributed by atoms with E-state index in [9.17, 15) is 0 Å². The molecule has 1 aromatic heterocycles. The fourth-order valence-corrected chi connectivity index (χ4v) is 3.44. The van der Waals surface area contributed by atoms with E-state index in [1.165, 1.54) is 19.3 Å². The van der Waals surface area contributed by atoms with Gasteiger partial charge in [-0.2, -0.15) is 0 Å². The molecule has 2 heterocycles. The van der Waals surface area contributed by atoms with Crippen molar-refractivity contribution in [1.29, 1.82) is 0 Å². The highest BCUT2D eigenvalue weighted by molar-refractivity contribution is 5.94.